The summed E-state index contributed by atoms with van der Waals surface area (Å²) >= 11 is 1.15. The van der Waals surface area contributed by atoms with E-state index in [0.29, 0.717) is 10.7 Å². The van der Waals surface area contributed by atoms with E-state index in [0.717, 1.165) is 29.5 Å². The lowest BCUT2D eigenvalue weighted by molar-refractivity contribution is -0.115. The minimum atomic E-state index is -1.04. The zero-order valence-electron chi connectivity index (χ0n) is 15.1. The lowest BCUT2D eigenvalue weighted by Crippen LogP contribution is -2.24. The number of thioether (sulfide) groups is 1. The third-order valence-electron chi connectivity index (χ3n) is 3.91. The normalized spacial score (nSPS) is 11.9. The number of hydrogen-bond donors (Lipinski definition) is 1. The van der Waals surface area contributed by atoms with Crippen LogP contribution in [0, 0.1) is 18.6 Å². The van der Waals surface area contributed by atoms with Crippen LogP contribution >= 0.6 is 11.8 Å². The van der Waals surface area contributed by atoms with E-state index in [2.05, 4.69) is 10.4 Å². The van der Waals surface area contributed by atoms with Crippen LogP contribution in [0.15, 0.2) is 64.4 Å². The first-order valence-corrected chi connectivity index (χ1v) is 9.31. The lowest BCUT2D eigenvalue weighted by Gasteiger charge is -2.13. The minimum Gasteiger partial charge on any atom is -0.325 e. The number of nitrogens with one attached hydrogen (secondary N) is 1. The third kappa shape index (κ3) is 4.64. The van der Waals surface area contributed by atoms with Crippen molar-refractivity contribution in [2.75, 3.05) is 5.32 Å². The molecule has 0 saturated heterocycles. The molecule has 1 heterocycles. The van der Waals surface area contributed by atoms with Crippen molar-refractivity contribution >= 4 is 23.4 Å². The van der Waals surface area contributed by atoms with Crippen molar-refractivity contribution in [2.45, 2.75) is 24.1 Å². The molecule has 0 aliphatic rings. The Hall–Kier alpha value is -3.00. The van der Waals surface area contributed by atoms with Crippen molar-refractivity contribution in [3.63, 3.8) is 0 Å². The van der Waals surface area contributed by atoms with Crippen LogP contribution in [0.1, 0.15) is 12.5 Å². The Bertz CT molecular complexity index is 1070. The summed E-state index contributed by atoms with van der Waals surface area (Å²) in [7, 11) is 0. The molecule has 5 nitrogen and oxygen atoms in total. The van der Waals surface area contributed by atoms with Gasteiger partial charge in [0.25, 0.3) is 5.56 Å². The highest BCUT2D eigenvalue weighted by molar-refractivity contribution is 8.00. The quantitative estimate of drug-likeness (QED) is 0.658. The number of nitrogens with zero attached hydrogens (tertiary/aromatic N) is 2. The summed E-state index contributed by atoms with van der Waals surface area (Å²) in [5.74, 6) is -2.42. The van der Waals surface area contributed by atoms with Gasteiger partial charge in [0.2, 0.25) is 5.91 Å². The molecule has 8 heteroatoms. The molecule has 144 valence electrons. The zero-order valence-corrected chi connectivity index (χ0v) is 16.0. The minimum absolute atomic E-state index is 0.161. The number of hydrogen-bond acceptors (Lipinski definition) is 4. The Morgan fingerprint density at radius 3 is 2.46 bits per heavy atom. The molecule has 3 aromatic rings. The summed E-state index contributed by atoms with van der Waals surface area (Å²) in [5, 5.41) is 6.74. The number of amides is 1. The number of aryl methyl sites for hydroxylation is 1. The van der Waals surface area contributed by atoms with E-state index in [9.17, 15) is 18.4 Å². The van der Waals surface area contributed by atoms with Gasteiger partial charge in [0.05, 0.1) is 10.9 Å². The van der Waals surface area contributed by atoms with Gasteiger partial charge in [-0.05, 0) is 44.2 Å². The molecule has 1 amide bonds. The van der Waals surface area contributed by atoms with Gasteiger partial charge in [-0.3, -0.25) is 9.59 Å². The largest absolute Gasteiger partial charge is 0.325 e. The summed E-state index contributed by atoms with van der Waals surface area (Å²) in [6, 6.07) is 13.4. The highest BCUT2D eigenvalue weighted by atomic mass is 32.2. The van der Waals surface area contributed by atoms with Gasteiger partial charge in [-0.25, -0.2) is 8.78 Å². The van der Waals surface area contributed by atoms with Gasteiger partial charge < -0.3 is 5.32 Å². The van der Waals surface area contributed by atoms with Crippen LogP contribution in [-0.4, -0.2) is 20.9 Å². The number of rotatable bonds is 5. The smallest absolute Gasteiger partial charge is 0.271 e. The maximum absolute atomic E-state index is 13.3. The number of carbonyl (C=O) groups excluding carboxylic acids is 1. The molecule has 28 heavy (non-hydrogen) atoms. The molecule has 3 rings (SSSR count). The molecule has 0 fully saturated rings. The van der Waals surface area contributed by atoms with E-state index in [1.807, 2.05) is 19.1 Å². The van der Waals surface area contributed by atoms with Gasteiger partial charge in [0, 0.05) is 17.8 Å². The second-order valence-corrected chi connectivity index (χ2v) is 7.50. The Morgan fingerprint density at radius 1 is 1.07 bits per heavy atom. The zero-order chi connectivity index (χ0) is 20.3. The monoisotopic (exact) mass is 401 g/mol. The van der Waals surface area contributed by atoms with E-state index in [-0.39, 0.29) is 11.2 Å². The molecule has 2 aromatic carbocycles. The molecule has 0 aliphatic heterocycles. The van der Waals surface area contributed by atoms with Crippen molar-refractivity contribution in [3.8, 4) is 5.69 Å². The number of carbonyl (C=O) groups is 1. The van der Waals surface area contributed by atoms with Crippen molar-refractivity contribution in [3.05, 3.63) is 82.1 Å². The second-order valence-electron chi connectivity index (χ2n) is 6.14. The highest BCUT2D eigenvalue weighted by Gasteiger charge is 2.17. The summed E-state index contributed by atoms with van der Waals surface area (Å²) in [6.45, 7) is 3.60. The molecule has 0 bridgehead atoms. The molecule has 1 atom stereocenters. The predicted molar refractivity (Wildman–Crippen MR) is 105 cm³/mol. The van der Waals surface area contributed by atoms with Crippen LogP contribution in [0.3, 0.4) is 0 Å². The van der Waals surface area contributed by atoms with Crippen molar-refractivity contribution < 1.29 is 13.6 Å². The molecule has 1 N–H and O–H groups in total. The lowest BCUT2D eigenvalue weighted by atomic mass is 10.2. The molecule has 0 unspecified atom stereocenters. The standard InChI is InChI=1S/C20H17F2N3O2S/c1-12-3-6-15(7-4-12)25-19(26)10-9-18(24-25)28-13(2)20(27)23-14-5-8-16(21)17(22)11-14/h3-11,13H,1-2H3,(H,23,27)/t13-/m0/s1. The van der Waals surface area contributed by atoms with Gasteiger partial charge in [0.15, 0.2) is 11.6 Å². The van der Waals surface area contributed by atoms with Crippen LogP contribution in [0.4, 0.5) is 14.5 Å². The van der Waals surface area contributed by atoms with Crippen molar-refractivity contribution in [1.82, 2.24) is 9.78 Å². The Morgan fingerprint density at radius 2 is 1.79 bits per heavy atom. The maximum atomic E-state index is 13.3. The van der Waals surface area contributed by atoms with E-state index in [1.54, 1.807) is 25.1 Å². The summed E-state index contributed by atoms with van der Waals surface area (Å²) in [4.78, 5) is 24.5. The number of aromatic nitrogens is 2. The Labute approximate surface area is 164 Å². The molecule has 0 radical (unpaired) electrons. The van der Waals surface area contributed by atoms with Gasteiger partial charge in [0.1, 0.15) is 5.03 Å². The fraction of sp³-hybridized carbons (Fsp3) is 0.150. The van der Waals surface area contributed by atoms with Crippen LogP contribution in [0.25, 0.3) is 5.69 Å². The van der Waals surface area contributed by atoms with Crippen molar-refractivity contribution in [1.29, 1.82) is 0 Å². The average Bonchev–Trinajstić information content (AvgIpc) is 2.67. The molecular weight excluding hydrogens is 384 g/mol. The Kier molecular flexibility index (Phi) is 5.89. The second kappa shape index (κ2) is 8.35. The summed E-state index contributed by atoms with van der Waals surface area (Å²) in [6.07, 6.45) is 0. The van der Waals surface area contributed by atoms with Crippen LogP contribution < -0.4 is 10.9 Å². The predicted octanol–water partition coefficient (Wildman–Crippen LogP) is 3.94. The molecule has 1 aromatic heterocycles. The summed E-state index contributed by atoms with van der Waals surface area (Å²) in [5.41, 5.74) is 1.56. The molecule has 0 saturated carbocycles. The van der Waals surface area contributed by atoms with Crippen LogP contribution in [0.2, 0.25) is 0 Å². The van der Waals surface area contributed by atoms with Gasteiger partial charge in [-0.15, -0.1) is 0 Å². The third-order valence-corrected chi connectivity index (χ3v) is 4.94. The topological polar surface area (TPSA) is 64.0 Å². The fourth-order valence-electron chi connectivity index (χ4n) is 2.38. The number of halogens is 2. The van der Waals surface area contributed by atoms with Gasteiger partial charge in [-0.1, -0.05) is 29.5 Å². The number of benzene rings is 2. The fourth-order valence-corrected chi connectivity index (χ4v) is 3.18. The summed E-state index contributed by atoms with van der Waals surface area (Å²) < 4.78 is 27.5. The number of anilines is 1. The van der Waals surface area contributed by atoms with E-state index >= 15 is 0 Å². The maximum Gasteiger partial charge on any atom is 0.271 e. The van der Waals surface area contributed by atoms with E-state index in [4.69, 9.17) is 0 Å². The Balaban J connectivity index is 1.74. The first kappa shape index (κ1) is 19.8. The molecule has 0 aliphatic carbocycles. The van der Waals surface area contributed by atoms with Crippen LogP contribution in [-0.2, 0) is 4.79 Å². The van der Waals surface area contributed by atoms with E-state index < -0.39 is 22.8 Å². The average molecular weight is 401 g/mol. The first-order valence-electron chi connectivity index (χ1n) is 8.43. The molecule has 0 spiro atoms. The highest BCUT2D eigenvalue weighted by Crippen LogP contribution is 2.22. The first-order chi connectivity index (χ1) is 13.3. The van der Waals surface area contributed by atoms with Crippen molar-refractivity contribution in [2.24, 2.45) is 0 Å². The van der Waals surface area contributed by atoms with Crippen LogP contribution in [0.5, 0.6) is 0 Å². The SMILES string of the molecule is Cc1ccc(-n2nc(S[C@@H](C)C(=O)Nc3ccc(F)c(F)c3)ccc2=O)cc1. The van der Waals surface area contributed by atoms with E-state index in [1.165, 1.54) is 16.8 Å². The molecular formula is C20H17F2N3O2S. The van der Waals surface area contributed by atoms with Gasteiger partial charge >= 0.3 is 0 Å². The van der Waals surface area contributed by atoms with Gasteiger partial charge in [-0.2, -0.15) is 9.78 Å².